The topological polar surface area (TPSA) is 38.3 Å². The number of para-hydroxylation sites is 1. The Morgan fingerprint density at radius 2 is 2.06 bits per heavy atom. The number of halogens is 2. The highest BCUT2D eigenvalue weighted by molar-refractivity contribution is 9.11. The second kappa shape index (κ2) is 6.56. The third kappa shape index (κ3) is 3.87. The molecule has 1 N–H and O–H groups in total. The first kappa shape index (κ1) is 13.1. The maximum Gasteiger partial charge on any atom is 0.258 e. The lowest BCUT2D eigenvalue weighted by atomic mass is 10.3. The van der Waals surface area contributed by atoms with Crippen LogP contribution in [0.2, 0.25) is 0 Å². The summed E-state index contributed by atoms with van der Waals surface area (Å²) in [5.74, 6) is 2.66. The summed E-state index contributed by atoms with van der Waals surface area (Å²) in [4.78, 5) is 11.2. The Kier molecular flexibility index (Phi) is 5.36. The monoisotopic (exact) mass is 345 g/mol. The lowest BCUT2D eigenvalue weighted by molar-refractivity contribution is -0.122. The van der Waals surface area contributed by atoms with Gasteiger partial charge in [-0.25, -0.2) is 0 Å². The van der Waals surface area contributed by atoms with Gasteiger partial charge in [-0.15, -0.1) is 6.42 Å². The summed E-state index contributed by atoms with van der Waals surface area (Å²) in [5.41, 5.74) is 0. The van der Waals surface area contributed by atoms with E-state index >= 15 is 0 Å². The van der Waals surface area contributed by atoms with E-state index in [1.54, 1.807) is 0 Å². The first-order chi connectivity index (χ1) is 7.65. The first-order valence-electron chi connectivity index (χ1n) is 4.42. The molecule has 0 saturated carbocycles. The quantitative estimate of drug-likeness (QED) is 0.850. The second-order valence-electron chi connectivity index (χ2n) is 2.82. The summed E-state index contributed by atoms with van der Waals surface area (Å²) in [6, 6.07) is 5.53. The maximum absolute atomic E-state index is 11.2. The Bertz CT molecular complexity index is 406. The number of hydrogen-bond acceptors (Lipinski definition) is 2. The number of nitrogens with one attached hydrogen (secondary N) is 1. The van der Waals surface area contributed by atoms with Crippen LogP contribution in [0.25, 0.3) is 0 Å². The average molecular weight is 347 g/mol. The van der Waals surface area contributed by atoms with Crippen molar-refractivity contribution < 1.29 is 9.53 Å². The molecule has 1 aromatic carbocycles. The van der Waals surface area contributed by atoms with E-state index in [4.69, 9.17) is 11.2 Å². The molecule has 0 radical (unpaired) electrons. The summed E-state index contributed by atoms with van der Waals surface area (Å²) >= 11 is 6.66. The molecule has 3 nitrogen and oxygen atoms in total. The van der Waals surface area contributed by atoms with Crippen LogP contribution in [0.4, 0.5) is 0 Å². The largest absolute Gasteiger partial charge is 0.481 e. The van der Waals surface area contributed by atoms with Gasteiger partial charge in [-0.2, -0.15) is 0 Å². The van der Waals surface area contributed by atoms with Gasteiger partial charge in [0.15, 0.2) is 6.61 Å². The van der Waals surface area contributed by atoms with Gasteiger partial charge in [-0.1, -0.05) is 12.0 Å². The molecule has 84 valence electrons. The molecule has 0 aliphatic rings. The molecule has 0 aromatic heterocycles. The normalized spacial score (nSPS) is 9.31. The Labute approximate surface area is 111 Å². The first-order valence-corrected chi connectivity index (χ1v) is 6.00. The molecule has 0 atom stereocenters. The molecule has 1 amide bonds. The number of ether oxygens (including phenoxy) is 1. The number of hydrogen-bond donors (Lipinski definition) is 1. The third-order valence-electron chi connectivity index (χ3n) is 1.65. The third-order valence-corrected chi connectivity index (χ3v) is 2.90. The fourth-order valence-electron chi connectivity index (χ4n) is 0.959. The van der Waals surface area contributed by atoms with E-state index in [1.165, 1.54) is 0 Å². The van der Waals surface area contributed by atoms with Crippen LogP contribution in [0.5, 0.6) is 5.75 Å². The van der Waals surface area contributed by atoms with Crippen molar-refractivity contribution in [1.29, 1.82) is 0 Å². The van der Waals surface area contributed by atoms with Crippen molar-refractivity contribution in [3.63, 3.8) is 0 Å². The summed E-state index contributed by atoms with van der Waals surface area (Å²) in [7, 11) is 0. The minimum absolute atomic E-state index is 0.0666. The highest BCUT2D eigenvalue weighted by atomic mass is 79.9. The molecule has 0 aliphatic carbocycles. The number of amides is 1. The van der Waals surface area contributed by atoms with Crippen LogP contribution >= 0.6 is 31.9 Å². The molecular weight excluding hydrogens is 338 g/mol. The molecule has 16 heavy (non-hydrogen) atoms. The van der Waals surface area contributed by atoms with Crippen molar-refractivity contribution in [2.45, 2.75) is 0 Å². The van der Waals surface area contributed by atoms with Crippen LogP contribution < -0.4 is 10.1 Å². The Hall–Kier alpha value is -0.990. The number of rotatable bonds is 4. The molecule has 1 rings (SSSR count). The van der Waals surface area contributed by atoms with Crippen LogP contribution in [0.3, 0.4) is 0 Å². The summed E-state index contributed by atoms with van der Waals surface area (Å²) in [5, 5.41) is 2.51. The van der Waals surface area contributed by atoms with E-state index in [0.29, 0.717) is 5.75 Å². The fraction of sp³-hybridized carbons (Fsp3) is 0.182. The molecule has 5 heteroatoms. The van der Waals surface area contributed by atoms with Gasteiger partial charge in [0.1, 0.15) is 5.75 Å². The molecule has 0 spiro atoms. The predicted octanol–water partition coefficient (Wildman–Crippen LogP) is 2.34. The standard InChI is InChI=1S/C11H9Br2NO2/c1-2-6-14-10(15)7-16-11-8(12)4-3-5-9(11)13/h1,3-5H,6-7H2,(H,14,15). The van der Waals surface area contributed by atoms with Crippen LogP contribution in [0, 0.1) is 12.3 Å². The van der Waals surface area contributed by atoms with Crippen molar-refractivity contribution in [3.8, 4) is 18.1 Å². The fourth-order valence-corrected chi connectivity index (χ4v) is 2.19. The second-order valence-corrected chi connectivity index (χ2v) is 4.53. The van der Waals surface area contributed by atoms with Gasteiger partial charge in [0.05, 0.1) is 15.5 Å². The number of carbonyl (C=O) groups excluding carboxylic acids is 1. The van der Waals surface area contributed by atoms with Gasteiger partial charge >= 0.3 is 0 Å². The van der Waals surface area contributed by atoms with E-state index in [1.807, 2.05) is 18.2 Å². The molecule has 0 unspecified atom stereocenters. The molecule has 0 fully saturated rings. The van der Waals surface area contributed by atoms with Gasteiger partial charge in [0.2, 0.25) is 0 Å². The summed E-state index contributed by atoms with van der Waals surface area (Å²) < 4.78 is 6.92. The molecule has 0 saturated heterocycles. The zero-order valence-corrected chi connectivity index (χ0v) is 11.5. The van der Waals surface area contributed by atoms with Crippen LogP contribution in [-0.4, -0.2) is 19.1 Å². The number of terminal acetylenes is 1. The van der Waals surface area contributed by atoms with Crippen molar-refractivity contribution in [2.75, 3.05) is 13.2 Å². The van der Waals surface area contributed by atoms with Gasteiger partial charge in [0, 0.05) is 0 Å². The Morgan fingerprint density at radius 3 is 2.62 bits per heavy atom. The molecule has 0 heterocycles. The van der Waals surface area contributed by atoms with Crippen LogP contribution in [-0.2, 0) is 4.79 Å². The van der Waals surface area contributed by atoms with Gasteiger partial charge in [-0.05, 0) is 44.0 Å². The minimum atomic E-state index is -0.249. The van der Waals surface area contributed by atoms with E-state index in [-0.39, 0.29) is 19.1 Å². The summed E-state index contributed by atoms with van der Waals surface area (Å²) in [6.07, 6.45) is 5.01. The lowest BCUT2D eigenvalue weighted by Gasteiger charge is -2.09. The Morgan fingerprint density at radius 1 is 1.44 bits per heavy atom. The molecule has 0 bridgehead atoms. The zero-order valence-electron chi connectivity index (χ0n) is 8.30. The lowest BCUT2D eigenvalue weighted by Crippen LogP contribution is -2.29. The minimum Gasteiger partial charge on any atom is -0.481 e. The van der Waals surface area contributed by atoms with Crippen molar-refractivity contribution in [1.82, 2.24) is 5.32 Å². The predicted molar refractivity (Wildman–Crippen MR) is 69.2 cm³/mol. The number of benzene rings is 1. The smallest absolute Gasteiger partial charge is 0.258 e. The Balaban J connectivity index is 2.55. The average Bonchev–Trinajstić information content (AvgIpc) is 2.25. The maximum atomic E-state index is 11.2. The van der Waals surface area contributed by atoms with E-state index in [0.717, 1.165) is 8.95 Å². The van der Waals surface area contributed by atoms with Crippen LogP contribution in [0.15, 0.2) is 27.1 Å². The molecule has 1 aromatic rings. The highest BCUT2D eigenvalue weighted by Crippen LogP contribution is 2.32. The molecule has 0 aliphatic heterocycles. The van der Waals surface area contributed by atoms with E-state index in [9.17, 15) is 4.79 Å². The van der Waals surface area contributed by atoms with Crippen molar-refractivity contribution >= 4 is 37.8 Å². The zero-order chi connectivity index (χ0) is 12.0. The van der Waals surface area contributed by atoms with Gasteiger partial charge < -0.3 is 10.1 Å². The van der Waals surface area contributed by atoms with E-state index < -0.39 is 0 Å². The highest BCUT2D eigenvalue weighted by Gasteiger charge is 2.08. The SMILES string of the molecule is C#CCNC(=O)COc1c(Br)cccc1Br. The summed E-state index contributed by atoms with van der Waals surface area (Å²) in [6.45, 7) is 0.141. The van der Waals surface area contributed by atoms with Crippen molar-refractivity contribution in [3.05, 3.63) is 27.1 Å². The van der Waals surface area contributed by atoms with Gasteiger partial charge in [-0.3, -0.25) is 4.79 Å². The van der Waals surface area contributed by atoms with E-state index in [2.05, 4.69) is 43.1 Å². The number of carbonyl (C=O) groups is 1. The van der Waals surface area contributed by atoms with Gasteiger partial charge in [0.25, 0.3) is 5.91 Å². The van der Waals surface area contributed by atoms with Crippen LogP contribution in [0.1, 0.15) is 0 Å². The molecular formula is C11H9Br2NO2. The van der Waals surface area contributed by atoms with Crippen molar-refractivity contribution in [2.24, 2.45) is 0 Å².